The van der Waals surface area contributed by atoms with E-state index in [0.717, 1.165) is 39.4 Å². The molecular weight excluding hydrogens is 474 g/mol. The molecule has 5 unspecified atom stereocenters. The normalized spacial score (nSPS) is 23.1. The molecule has 1 aromatic rings. The predicted octanol–water partition coefficient (Wildman–Crippen LogP) is 0.447. The van der Waals surface area contributed by atoms with Gasteiger partial charge in [-0.1, -0.05) is 0 Å². The molecule has 14 nitrogen and oxygen atoms in total. The van der Waals surface area contributed by atoms with Gasteiger partial charge < -0.3 is 38.3 Å². The highest BCUT2D eigenvalue weighted by molar-refractivity contribution is 5.77. The van der Waals surface area contributed by atoms with Crippen LogP contribution in [0.1, 0.15) is 26.3 Å². The molecular formula is C21H27NO13. The second kappa shape index (κ2) is 13.9. The molecule has 1 aliphatic rings. The van der Waals surface area contributed by atoms with E-state index in [1.54, 1.807) is 0 Å². The molecule has 0 bridgehead atoms. The zero-order valence-corrected chi connectivity index (χ0v) is 19.7. The van der Waals surface area contributed by atoms with E-state index < -0.39 is 60.1 Å². The number of benzene rings is 1. The number of esters is 3. The number of ether oxygens (including phenoxy) is 6. The summed E-state index contributed by atoms with van der Waals surface area (Å²) in [5.74, 6) is -2.49. The van der Waals surface area contributed by atoms with Gasteiger partial charge in [0.2, 0.25) is 6.29 Å². The molecule has 194 valence electrons. The number of hydrogen-bond donors (Lipinski definition) is 1. The van der Waals surface area contributed by atoms with E-state index in [2.05, 4.69) is 0 Å². The minimum Gasteiger partial charge on any atom is -0.467 e. The molecule has 5 atom stereocenters. The third-order valence-electron chi connectivity index (χ3n) is 4.47. The average Bonchev–Trinajstić information content (AvgIpc) is 2.80. The Balaban J connectivity index is 0.00000194. The maximum Gasteiger partial charge on any atom is 0.339 e. The molecule has 1 N–H and O–H groups in total. The number of nitro groups is 1. The maximum absolute atomic E-state index is 12.3. The summed E-state index contributed by atoms with van der Waals surface area (Å²) in [6.07, 6.45) is -6.18. The first-order valence-electron chi connectivity index (χ1n) is 10.1. The Morgan fingerprint density at radius 1 is 1.11 bits per heavy atom. The molecule has 1 aliphatic heterocycles. The van der Waals surface area contributed by atoms with Crippen LogP contribution in [0, 0.1) is 10.1 Å². The van der Waals surface area contributed by atoms with E-state index in [1.807, 2.05) is 0 Å². The lowest BCUT2D eigenvalue weighted by molar-refractivity contribution is -0.385. The van der Waals surface area contributed by atoms with Crippen molar-refractivity contribution >= 4 is 29.9 Å². The van der Waals surface area contributed by atoms with Crippen LogP contribution < -0.4 is 4.74 Å². The molecule has 0 radical (unpaired) electrons. The molecule has 1 fully saturated rings. The first-order chi connectivity index (χ1) is 16.5. The lowest BCUT2D eigenvalue weighted by Crippen LogP contribution is -2.64. The van der Waals surface area contributed by atoms with E-state index in [0.29, 0.717) is 0 Å². The van der Waals surface area contributed by atoms with Crippen LogP contribution >= 0.6 is 0 Å². The van der Waals surface area contributed by atoms with Crippen LogP contribution in [0.2, 0.25) is 0 Å². The van der Waals surface area contributed by atoms with Gasteiger partial charge in [0.15, 0.2) is 24.4 Å². The second-order valence-corrected chi connectivity index (χ2v) is 6.86. The number of rotatable bonds is 8. The molecule has 1 aromatic carbocycles. The number of methoxy groups -OCH3 is 2. The van der Waals surface area contributed by atoms with Crippen LogP contribution in [0.3, 0.4) is 0 Å². The number of carbonyl (C=O) groups is 4. The Kier molecular flexibility index (Phi) is 11.7. The van der Waals surface area contributed by atoms with Crippen molar-refractivity contribution < 1.29 is 57.6 Å². The summed E-state index contributed by atoms with van der Waals surface area (Å²) in [6.45, 7) is 3.04. The molecule has 1 saturated heterocycles. The number of carbonyl (C=O) groups excluding carboxylic acids is 4. The number of non-ortho nitro benzene ring substituents is 1. The quantitative estimate of drug-likeness (QED) is 0.170. The van der Waals surface area contributed by atoms with Crippen molar-refractivity contribution in [1.29, 1.82) is 0 Å². The zero-order chi connectivity index (χ0) is 26.7. The SMILES string of the molecule is CC=O.COC(=O)C1OC(Oc2ccc([N+](=O)[O-])cc2CO)C(OC)C(OC(C)=O)C1OC(C)=O. The van der Waals surface area contributed by atoms with Crippen LogP contribution in [0.15, 0.2) is 18.2 Å². The number of hydrogen-bond acceptors (Lipinski definition) is 13. The lowest BCUT2D eigenvalue weighted by Gasteiger charge is -2.43. The fourth-order valence-electron chi connectivity index (χ4n) is 3.15. The number of nitrogens with zero attached hydrogens (tertiary/aromatic N) is 1. The van der Waals surface area contributed by atoms with Crippen molar-refractivity contribution in [2.75, 3.05) is 14.2 Å². The topological polar surface area (TPSA) is 187 Å². The van der Waals surface area contributed by atoms with Gasteiger partial charge in [-0.3, -0.25) is 19.7 Å². The highest BCUT2D eigenvalue weighted by atomic mass is 16.7. The molecule has 0 spiro atoms. The van der Waals surface area contributed by atoms with Crippen molar-refractivity contribution in [2.45, 2.75) is 58.1 Å². The van der Waals surface area contributed by atoms with E-state index >= 15 is 0 Å². The summed E-state index contributed by atoms with van der Waals surface area (Å²) in [5, 5.41) is 20.6. The molecule has 0 aromatic heterocycles. The van der Waals surface area contributed by atoms with Gasteiger partial charge in [-0.25, -0.2) is 4.79 Å². The summed E-state index contributed by atoms with van der Waals surface area (Å²) in [7, 11) is 2.32. The Labute approximate surface area is 200 Å². The van der Waals surface area contributed by atoms with E-state index in [9.17, 15) is 29.6 Å². The third-order valence-corrected chi connectivity index (χ3v) is 4.47. The van der Waals surface area contributed by atoms with Gasteiger partial charge in [-0.2, -0.15) is 0 Å². The van der Waals surface area contributed by atoms with Crippen molar-refractivity contribution in [3.05, 3.63) is 33.9 Å². The minimum absolute atomic E-state index is 0.0127. The van der Waals surface area contributed by atoms with Gasteiger partial charge in [0, 0.05) is 38.7 Å². The fourth-order valence-corrected chi connectivity index (χ4v) is 3.15. The molecule has 14 heteroatoms. The van der Waals surface area contributed by atoms with E-state index in [4.69, 9.17) is 33.2 Å². The predicted molar refractivity (Wildman–Crippen MR) is 114 cm³/mol. The van der Waals surface area contributed by atoms with Crippen molar-refractivity contribution in [1.82, 2.24) is 0 Å². The van der Waals surface area contributed by atoms with E-state index in [-0.39, 0.29) is 17.0 Å². The van der Waals surface area contributed by atoms with Crippen LogP contribution in [0.4, 0.5) is 5.69 Å². The first kappa shape index (κ1) is 29.4. The van der Waals surface area contributed by atoms with Crippen LogP contribution in [0.25, 0.3) is 0 Å². The zero-order valence-electron chi connectivity index (χ0n) is 19.7. The Bertz CT molecular complexity index is 918. The van der Waals surface area contributed by atoms with Crippen LogP contribution in [-0.4, -0.2) is 79.1 Å². The van der Waals surface area contributed by atoms with E-state index in [1.165, 1.54) is 20.1 Å². The monoisotopic (exact) mass is 501 g/mol. The van der Waals surface area contributed by atoms with Crippen molar-refractivity contribution in [3.8, 4) is 5.75 Å². The lowest BCUT2D eigenvalue weighted by atomic mass is 9.97. The fraction of sp³-hybridized carbons (Fsp3) is 0.524. The summed E-state index contributed by atoms with van der Waals surface area (Å²) in [4.78, 5) is 54.8. The largest absolute Gasteiger partial charge is 0.467 e. The standard InChI is InChI=1S/C19H23NO12.C2H4O/c1-9(22)29-14-15(30-10(2)23)17(27-3)19(32-16(14)18(24)28-4)31-13-6-5-12(20(25)26)7-11(13)8-21;1-2-3/h5-7,14-17,19,21H,8H2,1-4H3;2H,1H3. The third kappa shape index (κ3) is 7.98. The van der Waals surface area contributed by atoms with Gasteiger partial charge in [0.05, 0.1) is 18.6 Å². The van der Waals surface area contributed by atoms with Crippen molar-refractivity contribution in [3.63, 3.8) is 0 Å². The average molecular weight is 501 g/mol. The van der Waals surface area contributed by atoms with Crippen LogP contribution in [0.5, 0.6) is 5.75 Å². The smallest absolute Gasteiger partial charge is 0.339 e. The molecule has 0 amide bonds. The van der Waals surface area contributed by atoms with Gasteiger partial charge in [0.25, 0.3) is 5.69 Å². The van der Waals surface area contributed by atoms with Crippen LogP contribution in [-0.2, 0) is 49.5 Å². The highest BCUT2D eigenvalue weighted by Crippen LogP contribution is 2.32. The number of aldehydes is 1. The molecule has 35 heavy (non-hydrogen) atoms. The Morgan fingerprint density at radius 2 is 1.69 bits per heavy atom. The Hall–Kier alpha value is -3.62. The first-order valence-corrected chi connectivity index (χ1v) is 10.1. The Morgan fingerprint density at radius 3 is 2.14 bits per heavy atom. The van der Waals surface area contributed by atoms with Crippen molar-refractivity contribution in [2.24, 2.45) is 0 Å². The number of nitro benzene ring substituents is 1. The highest BCUT2D eigenvalue weighted by Gasteiger charge is 2.54. The number of aliphatic hydroxyl groups is 1. The molecule has 1 heterocycles. The summed E-state index contributed by atoms with van der Waals surface area (Å²) >= 11 is 0. The number of aliphatic hydroxyl groups excluding tert-OH is 1. The summed E-state index contributed by atoms with van der Waals surface area (Å²) < 4.78 is 31.9. The summed E-state index contributed by atoms with van der Waals surface area (Å²) in [6, 6.07) is 3.47. The summed E-state index contributed by atoms with van der Waals surface area (Å²) in [5.41, 5.74) is -0.229. The maximum atomic E-state index is 12.3. The molecule has 2 rings (SSSR count). The second-order valence-electron chi connectivity index (χ2n) is 6.86. The van der Waals surface area contributed by atoms with Gasteiger partial charge in [-0.05, 0) is 13.0 Å². The molecule has 0 saturated carbocycles. The van der Waals surface area contributed by atoms with Gasteiger partial charge in [0.1, 0.15) is 12.0 Å². The molecule has 0 aliphatic carbocycles. The minimum atomic E-state index is -1.56. The van der Waals surface area contributed by atoms with Gasteiger partial charge in [-0.15, -0.1) is 0 Å². The van der Waals surface area contributed by atoms with Gasteiger partial charge >= 0.3 is 17.9 Å².